The Labute approximate surface area is 168 Å². The molecule has 0 aliphatic carbocycles. The van der Waals surface area contributed by atoms with Gasteiger partial charge in [-0.15, -0.1) is 16.8 Å². The minimum Gasteiger partial charge on any atom is -0.507 e. The molecule has 0 fully saturated rings. The zero-order valence-corrected chi connectivity index (χ0v) is 16.9. The Balaban J connectivity index is 0.000000878. The van der Waals surface area contributed by atoms with Crippen LogP contribution < -0.4 is 0 Å². The minimum absolute atomic E-state index is 0.191. The molecule has 0 aliphatic heterocycles. The van der Waals surface area contributed by atoms with Gasteiger partial charge in [-0.2, -0.15) is 0 Å². The molecule has 6 heteroatoms. The first-order valence-corrected chi connectivity index (χ1v) is 9.42. The molecule has 3 rings (SSSR count). The predicted octanol–water partition coefficient (Wildman–Crippen LogP) is 7.14. The molecule has 1 N–H and O–H groups in total. The lowest BCUT2D eigenvalue weighted by Crippen LogP contribution is -1.89. The van der Waals surface area contributed by atoms with Crippen LogP contribution in [-0.2, 0) is 0 Å². The molecule has 0 spiro atoms. The number of aromatic hydroxyl groups is 1. The highest BCUT2D eigenvalue weighted by Gasteiger charge is 2.13. The Bertz CT molecular complexity index is 955. The fourth-order valence-corrected chi connectivity index (χ4v) is 2.95. The number of hydrogen-bond acceptors (Lipinski definition) is 6. The third kappa shape index (κ3) is 5.96. The van der Waals surface area contributed by atoms with E-state index in [2.05, 4.69) is 16.8 Å². The molecule has 1 heterocycles. The molecule has 3 aromatic rings. The second-order valence-corrected chi connectivity index (χ2v) is 6.92. The number of phenols is 1. The lowest BCUT2D eigenvalue weighted by atomic mass is 10.1. The van der Waals surface area contributed by atoms with Crippen molar-refractivity contribution in [1.82, 2.24) is 0 Å². The second-order valence-electron chi connectivity index (χ2n) is 5.88. The maximum atomic E-state index is 12.2. The van der Waals surface area contributed by atoms with Crippen LogP contribution in [0.15, 0.2) is 86.8 Å². The van der Waals surface area contributed by atoms with E-state index in [4.69, 9.17) is 4.42 Å². The van der Waals surface area contributed by atoms with Crippen molar-refractivity contribution >= 4 is 28.4 Å². The van der Waals surface area contributed by atoms with E-state index < -0.39 is 0 Å². The summed E-state index contributed by atoms with van der Waals surface area (Å²) < 4.78 is 5.44. The minimum atomic E-state index is -0.191. The molecular weight excluding hydrogens is 372 g/mol. The average molecular weight is 394 g/mol. The van der Waals surface area contributed by atoms with E-state index in [1.54, 1.807) is 44.2 Å². The first kappa shape index (κ1) is 21.2. The topological polar surface area (TPSA) is 75.2 Å². The summed E-state index contributed by atoms with van der Waals surface area (Å²) in [6, 6.07) is 16.0. The predicted molar refractivity (Wildman–Crippen MR) is 113 cm³/mol. The van der Waals surface area contributed by atoms with Crippen LogP contribution in [0.25, 0.3) is 0 Å². The number of benzene rings is 2. The standard InChI is InChI=1S/C19H16N2O3S.C3H6/c1-12-10-14(11-13(2)18(12)22)20-21-17-9-8-16(24-17)19(23)25-15-6-4-3-5-7-15;1-3-2/h3-11,22H,1-2H3;3H,1H2,2H3. The van der Waals surface area contributed by atoms with Gasteiger partial charge in [0.25, 0.3) is 5.12 Å². The van der Waals surface area contributed by atoms with E-state index in [1.165, 1.54) is 0 Å². The van der Waals surface area contributed by atoms with Gasteiger partial charge in [0.2, 0.25) is 5.88 Å². The first-order chi connectivity index (χ1) is 13.4. The largest absolute Gasteiger partial charge is 0.507 e. The molecular formula is C22H22N2O3S. The zero-order valence-electron chi connectivity index (χ0n) is 16.0. The summed E-state index contributed by atoms with van der Waals surface area (Å²) in [5.41, 5.74) is 2.06. The van der Waals surface area contributed by atoms with Crippen molar-refractivity contribution in [2.45, 2.75) is 25.7 Å². The van der Waals surface area contributed by atoms with Gasteiger partial charge in [0.1, 0.15) is 5.75 Å². The lowest BCUT2D eigenvalue weighted by Gasteiger charge is -2.03. The average Bonchev–Trinajstić information content (AvgIpc) is 3.15. The number of thioether (sulfide) groups is 1. The molecule has 0 radical (unpaired) electrons. The molecule has 2 aromatic carbocycles. The van der Waals surface area contributed by atoms with Gasteiger partial charge in [0, 0.05) is 11.0 Å². The van der Waals surface area contributed by atoms with Gasteiger partial charge < -0.3 is 9.52 Å². The highest BCUT2D eigenvalue weighted by atomic mass is 32.2. The summed E-state index contributed by atoms with van der Waals surface area (Å²) in [6.45, 7) is 8.84. The monoisotopic (exact) mass is 394 g/mol. The van der Waals surface area contributed by atoms with Crippen molar-refractivity contribution in [3.63, 3.8) is 0 Å². The van der Waals surface area contributed by atoms with E-state index in [-0.39, 0.29) is 22.5 Å². The fourth-order valence-electron chi connectivity index (χ4n) is 2.23. The maximum Gasteiger partial charge on any atom is 0.259 e. The molecule has 28 heavy (non-hydrogen) atoms. The smallest absolute Gasteiger partial charge is 0.259 e. The van der Waals surface area contributed by atoms with Gasteiger partial charge in [-0.25, -0.2) is 0 Å². The van der Waals surface area contributed by atoms with E-state index >= 15 is 0 Å². The number of hydrogen-bond donors (Lipinski definition) is 1. The number of carbonyl (C=O) groups is 1. The number of carbonyl (C=O) groups excluding carboxylic acids is 1. The Morgan fingerprint density at radius 3 is 2.29 bits per heavy atom. The van der Waals surface area contributed by atoms with Crippen molar-refractivity contribution in [2.24, 2.45) is 10.2 Å². The molecule has 144 valence electrons. The molecule has 0 bridgehead atoms. The summed E-state index contributed by atoms with van der Waals surface area (Å²) in [7, 11) is 0. The normalized spacial score (nSPS) is 10.4. The van der Waals surface area contributed by atoms with Gasteiger partial charge in [-0.1, -0.05) is 24.3 Å². The fraction of sp³-hybridized carbons (Fsp3) is 0.136. The van der Waals surface area contributed by atoms with Gasteiger partial charge >= 0.3 is 0 Å². The summed E-state index contributed by atoms with van der Waals surface area (Å²) in [5.74, 6) is 0.726. The molecule has 0 aliphatic rings. The van der Waals surface area contributed by atoms with Crippen molar-refractivity contribution in [2.75, 3.05) is 0 Å². The van der Waals surface area contributed by atoms with Gasteiger partial charge in [-0.05, 0) is 74.0 Å². The third-order valence-electron chi connectivity index (χ3n) is 3.49. The highest BCUT2D eigenvalue weighted by Crippen LogP contribution is 2.30. The van der Waals surface area contributed by atoms with Crippen LogP contribution in [0.5, 0.6) is 5.75 Å². The first-order valence-electron chi connectivity index (χ1n) is 8.60. The van der Waals surface area contributed by atoms with Crippen molar-refractivity contribution in [1.29, 1.82) is 0 Å². The SMILES string of the molecule is C=CC.Cc1cc(N=Nc2ccc(C(=O)Sc3ccccc3)o2)cc(C)c1O. The van der Waals surface area contributed by atoms with Gasteiger partial charge in [0.15, 0.2) is 5.76 Å². The Morgan fingerprint density at radius 1 is 1.07 bits per heavy atom. The van der Waals surface area contributed by atoms with Gasteiger partial charge in [0.05, 0.1) is 5.69 Å². The molecule has 0 saturated heterocycles. The van der Waals surface area contributed by atoms with Crippen LogP contribution in [-0.4, -0.2) is 10.2 Å². The van der Waals surface area contributed by atoms with Crippen molar-refractivity contribution in [3.05, 3.63) is 84.1 Å². The van der Waals surface area contributed by atoms with E-state index in [0.29, 0.717) is 5.69 Å². The molecule has 5 nitrogen and oxygen atoms in total. The number of nitrogens with zero attached hydrogens (tertiary/aromatic N) is 2. The summed E-state index contributed by atoms with van der Waals surface area (Å²) >= 11 is 1.10. The third-order valence-corrected chi connectivity index (χ3v) is 4.38. The van der Waals surface area contributed by atoms with Crippen molar-refractivity contribution < 1.29 is 14.3 Å². The van der Waals surface area contributed by atoms with Crippen molar-refractivity contribution in [3.8, 4) is 5.75 Å². The number of rotatable bonds is 4. The maximum absolute atomic E-state index is 12.2. The van der Waals surface area contributed by atoms with Gasteiger partial charge in [-0.3, -0.25) is 4.79 Å². The quantitative estimate of drug-likeness (QED) is 0.290. The van der Waals surface area contributed by atoms with E-state index in [9.17, 15) is 9.90 Å². The number of furan rings is 1. The molecule has 1 aromatic heterocycles. The van der Waals surface area contributed by atoms with Crippen LogP contribution in [0.3, 0.4) is 0 Å². The Morgan fingerprint density at radius 2 is 1.68 bits per heavy atom. The molecule has 0 saturated carbocycles. The Kier molecular flexibility index (Phi) is 7.77. The molecule has 0 amide bonds. The second kappa shape index (κ2) is 10.3. The summed E-state index contributed by atoms with van der Waals surface area (Å²) in [5, 5.41) is 17.7. The molecule has 0 unspecified atom stereocenters. The Hall–Kier alpha value is -3.12. The molecule has 0 atom stereocenters. The van der Waals surface area contributed by atoms with Crippen LogP contribution in [0.2, 0.25) is 0 Å². The number of azo groups is 1. The number of aryl methyl sites for hydroxylation is 2. The zero-order chi connectivity index (χ0) is 20.5. The van der Waals surface area contributed by atoms with Crippen LogP contribution >= 0.6 is 11.8 Å². The lowest BCUT2D eigenvalue weighted by molar-refractivity contribution is 0.106. The van der Waals surface area contributed by atoms with Crippen LogP contribution in [0.1, 0.15) is 28.6 Å². The van der Waals surface area contributed by atoms with E-state index in [0.717, 1.165) is 27.8 Å². The summed E-state index contributed by atoms with van der Waals surface area (Å²) in [4.78, 5) is 13.0. The number of phenolic OH excluding ortho intramolecular Hbond substituents is 1. The van der Waals surface area contributed by atoms with Crippen LogP contribution in [0.4, 0.5) is 11.6 Å². The summed E-state index contributed by atoms with van der Waals surface area (Å²) in [6.07, 6.45) is 1.75. The number of allylic oxidation sites excluding steroid dienone is 1. The van der Waals surface area contributed by atoms with E-state index in [1.807, 2.05) is 37.3 Å². The van der Waals surface area contributed by atoms with Crippen LogP contribution in [0, 0.1) is 13.8 Å². The highest BCUT2D eigenvalue weighted by molar-refractivity contribution is 8.14.